The van der Waals surface area contributed by atoms with Gasteiger partial charge in [-0.25, -0.2) is 4.79 Å². The third-order valence-corrected chi connectivity index (χ3v) is 3.61. The molecule has 5 heteroatoms. The van der Waals surface area contributed by atoms with Crippen LogP contribution in [0.2, 0.25) is 0 Å². The molecule has 1 N–H and O–H groups in total. The summed E-state index contributed by atoms with van der Waals surface area (Å²) in [6, 6.07) is 1.86. The van der Waals surface area contributed by atoms with Crippen LogP contribution in [0.4, 0.5) is 5.69 Å². The van der Waals surface area contributed by atoms with Crippen LogP contribution in [0.5, 0.6) is 0 Å². The minimum absolute atomic E-state index is 0.288. The fraction of sp³-hybridized carbons (Fsp3) is 0.571. The van der Waals surface area contributed by atoms with E-state index in [0.717, 1.165) is 43.9 Å². The Balaban J connectivity index is 2.14. The van der Waals surface area contributed by atoms with Gasteiger partial charge in [0, 0.05) is 38.7 Å². The van der Waals surface area contributed by atoms with Gasteiger partial charge in [-0.1, -0.05) is 0 Å². The normalized spacial score (nSPS) is 16.6. The minimum Gasteiger partial charge on any atom is -0.478 e. The van der Waals surface area contributed by atoms with E-state index in [4.69, 9.17) is 4.74 Å². The Morgan fingerprint density at radius 3 is 2.79 bits per heavy atom. The number of carbonyl (C=O) groups is 1. The quantitative estimate of drug-likeness (QED) is 0.900. The predicted molar refractivity (Wildman–Crippen MR) is 72.7 cm³/mol. The predicted octanol–water partition coefficient (Wildman–Crippen LogP) is 1.95. The highest BCUT2D eigenvalue weighted by atomic mass is 16.5. The van der Waals surface area contributed by atoms with Gasteiger partial charge in [0.05, 0.1) is 5.69 Å². The van der Waals surface area contributed by atoms with Gasteiger partial charge in [0.1, 0.15) is 5.56 Å². The van der Waals surface area contributed by atoms with Crippen LogP contribution in [0.1, 0.15) is 28.9 Å². The number of pyridine rings is 1. The number of hydrogen-bond acceptors (Lipinski definition) is 4. The Hall–Kier alpha value is -1.62. The van der Waals surface area contributed by atoms with Crippen molar-refractivity contribution in [1.29, 1.82) is 0 Å². The molecule has 0 aromatic carbocycles. The molecular weight excluding hydrogens is 244 g/mol. The fourth-order valence-electron chi connectivity index (χ4n) is 2.55. The van der Waals surface area contributed by atoms with Gasteiger partial charge in [0.2, 0.25) is 0 Å². The third-order valence-electron chi connectivity index (χ3n) is 3.61. The van der Waals surface area contributed by atoms with Gasteiger partial charge in [-0.2, -0.15) is 0 Å². The van der Waals surface area contributed by atoms with Crippen LogP contribution in [0, 0.1) is 12.8 Å². The number of ether oxygens (including phenoxy) is 1. The number of piperidine rings is 1. The van der Waals surface area contributed by atoms with E-state index >= 15 is 0 Å². The first-order chi connectivity index (χ1) is 9.11. The van der Waals surface area contributed by atoms with E-state index in [0.29, 0.717) is 5.92 Å². The maximum Gasteiger partial charge on any atom is 0.339 e. The van der Waals surface area contributed by atoms with Crippen LogP contribution in [0.25, 0.3) is 0 Å². The zero-order valence-electron chi connectivity index (χ0n) is 11.4. The Morgan fingerprint density at radius 1 is 1.53 bits per heavy atom. The Bertz CT molecular complexity index is 454. The zero-order valence-corrected chi connectivity index (χ0v) is 11.4. The summed E-state index contributed by atoms with van der Waals surface area (Å²) in [7, 11) is 1.72. The summed E-state index contributed by atoms with van der Waals surface area (Å²) in [5.74, 6) is -0.334. The largest absolute Gasteiger partial charge is 0.478 e. The molecule has 0 radical (unpaired) electrons. The van der Waals surface area contributed by atoms with E-state index in [2.05, 4.69) is 9.88 Å². The third kappa shape index (κ3) is 3.23. The van der Waals surface area contributed by atoms with Crippen molar-refractivity contribution in [1.82, 2.24) is 4.98 Å². The second-order valence-corrected chi connectivity index (χ2v) is 5.03. The molecule has 1 aliphatic rings. The van der Waals surface area contributed by atoms with E-state index in [-0.39, 0.29) is 5.56 Å². The lowest BCUT2D eigenvalue weighted by atomic mass is 9.97. The van der Waals surface area contributed by atoms with Gasteiger partial charge < -0.3 is 14.7 Å². The van der Waals surface area contributed by atoms with Crippen LogP contribution in [0.15, 0.2) is 12.3 Å². The van der Waals surface area contributed by atoms with Crippen LogP contribution in [0.3, 0.4) is 0 Å². The number of carboxylic acids is 1. The topological polar surface area (TPSA) is 62.7 Å². The lowest BCUT2D eigenvalue weighted by molar-refractivity contribution is 0.0697. The Labute approximate surface area is 113 Å². The summed E-state index contributed by atoms with van der Waals surface area (Å²) < 4.78 is 5.18. The summed E-state index contributed by atoms with van der Waals surface area (Å²) >= 11 is 0. The number of hydrogen-bond donors (Lipinski definition) is 1. The van der Waals surface area contributed by atoms with Gasteiger partial charge in [-0.05, 0) is 31.7 Å². The van der Waals surface area contributed by atoms with Gasteiger partial charge in [0.15, 0.2) is 0 Å². The monoisotopic (exact) mass is 264 g/mol. The standard InChI is InChI=1S/C14H20N2O3/c1-10-7-13(12(8-15-10)14(17)18)16-5-3-11(4-6-16)9-19-2/h7-8,11H,3-6,9H2,1-2H3,(H,17,18). The van der Waals surface area contributed by atoms with Crippen molar-refractivity contribution in [2.24, 2.45) is 5.92 Å². The van der Waals surface area contributed by atoms with Crippen molar-refractivity contribution in [3.63, 3.8) is 0 Å². The van der Waals surface area contributed by atoms with Crippen molar-refractivity contribution in [2.45, 2.75) is 19.8 Å². The molecular formula is C14H20N2O3. The summed E-state index contributed by atoms with van der Waals surface area (Å²) in [6.07, 6.45) is 3.52. The highest BCUT2D eigenvalue weighted by Crippen LogP contribution is 2.26. The lowest BCUT2D eigenvalue weighted by Crippen LogP contribution is -2.36. The first-order valence-electron chi connectivity index (χ1n) is 6.55. The first-order valence-corrected chi connectivity index (χ1v) is 6.55. The lowest BCUT2D eigenvalue weighted by Gasteiger charge is -2.34. The number of carboxylic acid groups (broad SMARTS) is 1. The maximum atomic E-state index is 11.3. The number of aromatic nitrogens is 1. The molecule has 1 aromatic rings. The second-order valence-electron chi connectivity index (χ2n) is 5.03. The number of anilines is 1. The van der Waals surface area contributed by atoms with Crippen LogP contribution < -0.4 is 4.90 Å². The highest BCUT2D eigenvalue weighted by molar-refractivity contribution is 5.94. The molecule has 0 amide bonds. The molecule has 2 heterocycles. The highest BCUT2D eigenvalue weighted by Gasteiger charge is 2.23. The minimum atomic E-state index is -0.915. The molecule has 5 nitrogen and oxygen atoms in total. The molecule has 104 valence electrons. The van der Waals surface area contributed by atoms with E-state index in [1.54, 1.807) is 7.11 Å². The number of aryl methyl sites for hydroxylation is 1. The van der Waals surface area contributed by atoms with E-state index in [1.807, 2.05) is 13.0 Å². The summed E-state index contributed by atoms with van der Waals surface area (Å²) in [5, 5.41) is 9.24. The molecule has 2 rings (SSSR count). The van der Waals surface area contributed by atoms with Crippen LogP contribution in [-0.4, -0.2) is 42.9 Å². The molecule has 0 aliphatic carbocycles. The van der Waals surface area contributed by atoms with E-state index < -0.39 is 5.97 Å². The second kappa shape index (κ2) is 6.02. The number of methoxy groups -OCH3 is 1. The van der Waals surface area contributed by atoms with Gasteiger partial charge in [-0.3, -0.25) is 4.98 Å². The summed E-state index contributed by atoms with van der Waals surface area (Å²) in [6.45, 7) is 4.41. The Kier molecular flexibility index (Phi) is 4.37. The SMILES string of the molecule is COCC1CCN(c2cc(C)ncc2C(=O)O)CC1. The maximum absolute atomic E-state index is 11.3. The molecule has 0 saturated carbocycles. The summed E-state index contributed by atoms with van der Waals surface area (Å²) in [4.78, 5) is 17.5. The molecule has 0 atom stereocenters. The number of aromatic carboxylic acids is 1. The van der Waals surface area contributed by atoms with E-state index in [9.17, 15) is 9.90 Å². The molecule has 0 bridgehead atoms. The van der Waals surface area contributed by atoms with Gasteiger partial charge in [0.25, 0.3) is 0 Å². The molecule has 0 unspecified atom stereocenters. The average molecular weight is 264 g/mol. The molecule has 0 spiro atoms. The molecule has 19 heavy (non-hydrogen) atoms. The van der Waals surface area contributed by atoms with Crippen LogP contribution in [-0.2, 0) is 4.74 Å². The molecule has 1 aliphatic heterocycles. The molecule has 1 fully saturated rings. The van der Waals surface area contributed by atoms with Crippen molar-refractivity contribution >= 4 is 11.7 Å². The number of nitrogens with zero attached hydrogens (tertiary/aromatic N) is 2. The van der Waals surface area contributed by atoms with E-state index in [1.165, 1.54) is 6.20 Å². The van der Waals surface area contributed by atoms with Crippen molar-refractivity contribution < 1.29 is 14.6 Å². The average Bonchev–Trinajstić information content (AvgIpc) is 2.39. The Morgan fingerprint density at radius 2 is 2.21 bits per heavy atom. The van der Waals surface area contributed by atoms with Crippen molar-refractivity contribution in [3.05, 3.63) is 23.5 Å². The zero-order chi connectivity index (χ0) is 13.8. The smallest absolute Gasteiger partial charge is 0.339 e. The summed E-state index contributed by atoms with van der Waals surface area (Å²) in [5.41, 5.74) is 1.92. The van der Waals surface area contributed by atoms with Crippen LogP contribution >= 0.6 is 0 Å². The fourth-order valence-corrected chi connectivity index (χ4v) is 2.55. The van der Waals surface area contributed by atoms with Gasteiger partial charge in [-0.15, -0.1) is 0 Å². The molecule has 1 saturated heterocycles. The van der Waals surface area contributed by atoms with Crippen molar-refractivity contribution in [2.75, 3.05) is 31.7 Å². The first kappa shape index (κ1) is 13.8. The number of rotatable bonds is 4. The van der Waals surface area contributed by atoms with Gasteiger partial charge >= 0.3 is 5.97 Å². The van der Waals surface area contributed by atoms with Crippen molar-refractivity contribution in [3.8, 4) is 0 Å². The molecule has 1 aromatic heterocycles.